The lowest BCUT2D eigenvalue weighted by molar-refractivity contribution is 0.0453. The first-order valence-electron chi connectivity index (χ1n) is 6.24. The first kappa shape index (κ1) is 14.5. The summed E-state index contributed by atoms with van der Waals surface area (Å²) < 4.78 is 6.74. The second-order valence-electron chi connectivity index (χ2n) is 5.63. The van der Waals surface area contributed by atoms with Crippen LogP contribution in [0.5, 0.6) is 0 Å². The zero-order chi connectivity index (χ0) is 13.9. The summed E-state index contributed by atoms with van der Waals surface area (Å²) in [6.07, 6.45) is 1.52. The smallest absolute Gasteiger partial charge is 0.358 e. The van der Waals surface area contributed by atoms with Gasteiger partial charge in [-0.1, -0.05) is 27.7 Å². The lowest BCUT2D eigenvalue weighted by atomic mass is 9.93. The Hall–Kier alpha value is -1.52. The van der Waals surface area contributed by atoms with Crippen molar-refractivity contribution in [1.29, 1.82) is 0 Å². The van der Waals surface area contributed by atoms with Crippen LogP contribution in [0.15, 0.2) is 0 Å². The van der Waals surface area contributed by atoms with Gasteiger partial charge in [0, 0.05) is 7.05 Å². The highest BCUT2D eigenvalue weighted by molar-refractivity contribution is 5.93. The van der Waals surface area contributed by atoms with E-state index in [0.717, 1.165) is 12.1 Å². The SMILES string of the molecule is CCc1nn(C)c(C(=O)OCCC(C)(C)C)c1N. The fourth-order valence-corrected chi connectivity index (χ4v) is 1.62. The van der Waals surface area contributed by atoms with Gasteiger partial charge in [0.2, 0.25) is 0 Å². The molecule has 0 spiro atoms. The van der Waals surface area contributed by atoms with Crippen LogP contribution in [0.25, 0.3) is 0 Å². The number of nitrogen functional groups attached to an aromatic ring is 1. The van der Waals surface area contributed by atoms with Crippen LogP contribution in [0.1, 0.15) is 50.3 Å². The molecule has 0 fully saturated rings. The van der Waals surface area contributed by atoms with Crippen molar-refractivity contribution in [3.8, 4) is 0 Å². The summed E-state index contributed by atoms with van der Waals surface area (Å²) in [5.41, 5.74) is 7.55. The highest BCUT2D eigenvalue weighted by atomic mass is 16.5. The number of nitrogens with zero attached hydrogens (tertiary/aromatic N) is 2. The van der Waals surface area contributed by atoms with Gasteiger partial charge in [0.25, 0.3) is 0 Å². The number of aryl methyl sites for hydroxylation is 2. The maximum absolute atomic E-state index is 11.9. The van der Waals surface area contributed by atoms with Gasteiger partial charge in [-0.05, 0) is 18.3 Å². The van der Waals surface area contributed by atoms with E-state index in [0.29, 0.717) is 24.4 Å². The van der Waals surface area contributed by atoms with E-state index in [1.54, 1.807) is 7.05 Å². The molecular formula is C13H23N3O2. The average molecular weight is 253 g/mol. The molecule has 5 nitrogen and oxygen atoms in total. The maximum atomic E-state index is 11.9. The molecule has 0 saturated heterocycles. The molecule has 0 bridgehead atoms. The molecule has 2 N–H and O–H groups in total. The van der Waals surface area contributed by atoms with E-state index in [4.69, 9.17) is 10.5 Å². The van der Waals surface area contributed by atoms with Gasteiger partial charge in [0.05, 0.1) is 18.0 Å². The van der Waals surface area contributed by atoms with Crippen molar-refractivity contribution in [2.24, 2.45) is 12.5 Å². The van der Waals surface area contributed by atoms with E-state index >= 15 is 0 Å². The number of carbonyl (C=O) groups is 1. The summed E-state index contributed by atoms with van der Waals surface area (Å²) in [7, 11) is 1.70. The summed E-state index contributed by atoms with van der Waals surface area (Å²) in [6.45, 7) is 8.67. The van der Waals surface area contributed by atoms with Crippen LogP contribution in [-0.2, 0) is 18.2 Å². The van der Waals surface area contributed by atoms with Gasteiger partial charge >= 0.3 is 5.97 Å². The number of esters is 1. The van der Waals surface area contributed by atoms with E-state index in [-0.39, 0.29) is 5.41 Å². The minimum absolute atomic E-state index is 0.146. The number of carbonyl (C=O) groups excluding carboxylic acids is 1. The third-order valence-electron chi connectivity index (χ3n) is 2.77. The molecule has 0 radical (unpaired) electrons. The predicted octanol–water partition coefficient (Wildman–Crippen LogP) is 2.16. The van der Waals surface area contributed by atoms with E-state index in [1.165, 1.54) is 4.68 Å². The number of aromatic nitrogens is 2. The van der Waals surface area contributed by atoms with E-state index in [9.17, 15) is 4.79 Å². The summed E-state index contributed by atoms with van der Waals surface area (Å²) in [5, 5.41) is 4.20. The zero-order valence-electron chi connectivity index (χ0n) is 11.9. The number of nitrogens with two attached hydrogens (primary N) is 1. The summed E-state index contributed by atoms with van der Waals surface area (Å²) >= 11 is 0. The Morgan fingerprint density at radius 3 is 2.50 bits per heavy atom. The highest BCUT2D eigenvalue weighted by Gasteiger charge is 2.21. The van der Waals surface area contributed by atoms with Crippen molar-refractivity contribution in [3.63, 3.8) is 0 Å². The molecule has 1 aromatic rings. The van der Waals surface area contributed by atoms with Crippen LogP contribution in [0.2, 0.25) is 0 Å². The average Bonchev–Trinajstić information content (AvgIpc) is 2.51. The van der Waals surface area contributed by atoms with Crippen molar-refractivity contribution in [1.82, 2.24) is 9.78 Å². The van der Waals surface area contributed by atoms with Crippen molar-refractivity contribution >= 4 is 11.7 Å². The van der Waals surface area contributed by atoms with Crippen LogP contribution in [-0.4, -0.2) is 22.4 Å². The van der Waals surface area contributed by atoms with Crippen molar-refractivity contribution in [2.75, 3.05) is 12.3 Å². The third kappa shape index (κ3) is 3.48. The molecule has 1 rings (SSSR count). The number of anilines is 1. The Morgan fingerprint density at radius 2 is 2.06 bits per heavy atom. The first-order chi connectivity index (χ1) is 8.26. The minimum atomic E-state index is -0.397. The second kappa shape index (κ2) is 5.42. The minimum Gasteiger partial charge on any atom is -0.461 e. The van der Waals surface area contributed by atoms with Gasteiger partial charge in [-0.15, -0.1) is 0 Å². The van der Waals surface area contributed by atoms with Gasteiger partial charge in [0.1, 0.15) is 0 Å². The number of rotatable bonds is 4. The molecular weight excluding hydrogens is 230 g/mol. The summed E-state index contributed by atoms with van der Waals surface area (Å²) in [4.78, 5) is 11.9. The summed E-state index contributed by atoms with van der Waals surface area (Å²) in [5.74, 6) is -0.397. The monoisotopic (exact) mass is 253 g/mol. The molecule has 0 aliphatic carbocycles. The molecule has 0 aliphatic heterocycles. The second-order valence-corrected chi connectivity index (χ2v) is 5.63. The first-order valence-corrected chi connectivity index (χ1v) is 6.24. The maximum Gasteiger partial charge on any atom is 0.358 e. The Balaban J connectivity index is 2.70. The topological polar surface area (TPSA) is 70.1 Å². The van der Waals surface area contributed by atoms with Crippen molar-refractivity contribution < 1.29 is 9.53 Å². The Labute approximate surface area is 108 Å². The molecule has 1 aromatic heterocycles. The van der Waals surface area contributed by atoms with Crippen LogP contribution in [0.3, 0.4) is 0 Å². The van der Waals surface area contributed by atoms with Crippen molar-refractivity contribution in [3.05, 3.63) is 11.4 Å². The van der Waals surface area contributed by atoms with Gasteiger partial charge in [0.15, 0.2) is 5.69 Å². The molecule has 18 heavy (non-hydrogen) atoms. The van der Waals surface area contributed by atoms with Crippen LogP contribution < -0.4 is 5.73 Å². The van der Waals surface area contributed by atoms with Crippen molar-refractivity contribution in [2.45, 2.75) is 40.5 Å². The van der Waals surface area contributed by atoms with Gasteiger partial charge in [-0.2, -0.15) is 5.10 Å². The quantitative estimate of drug-likeness (QED) is 0.835. The third-order valence-corrected chi connectivity index (χ3v) is 2.77. The predicted molar refractivity (Wildman–Crippen MR) is 71.4 cm³/mol. The van der Waals surface area contributed by atoms with Gasteiger partial charge in [-0.25, -0.2) is 4.79 Å². The van der Waals surface area contributed by atoms with E-state index in [2.05, 4.69) is 25.9 Å². The van der Waals surface area contributed by atoms with Gasteiger partial charge < -0.3 is 10.5 Å². The van der Waals surface area contributed by atoms with E-state index in [1.807, 2.05) is 6.92 Å². The lowest BCUT2D eigenvalue weighted by Gasteiger charge is -2.17. The fourth-order valence-electron chi connectivity index (χ4n) is 1.62. The zero-order valence-corrected chi connectivity index (χ0v) is 11.9. The molecule has 0 aromatic carbocycles. The Morgan fingerprint density at radius 1 is 1.44 bits per heavy atom. The fraction of sp³-hybridized carbons (Fsp3) is 0.692. The Bertz CT molecular complexity index is 430. The Kier molecular flexibility index (Phi) is 4.38. The lowest BCUT2D eigenvalue weighted by Crippen LogP contribution is -2.16. The molecule has 102 valence electrons. The summed E-state index contributed by atoms with van der Waals surface area (Å²) in [6, 6.07) is 0. The molecule has 0 aliphatic rings. The molecule has 5 heteroatoms. The standard InChI is InChI=1S/C13H23N3O2/c1-6-9-10(14)11(16(5)15-9)12(17)18-8-7-13(2,3)4/h6-8,14H2,1-5H3. The molecule has 0 unspecified atom stereocenters. The van der Waals surface area contributed by atoms with Crippen LogP contribution in [0.4, 0.5) is 5.69 Å². The molecule has 1 heterocycles. The largest absolute Gasteiger partial charge is 0.461 e. The van der Waals surface area contributed by atoms with E-state index < -0.39 is 5.97 Å². The van der Waals surface area contributed by atoms with Crippen LogP contribution in [0, 0.1) is 5.41 Å². The number of hydrogen-bond acceptors (Lipinski definition) is 4. The molecule has 0 amide bonds. The number of ether oxygens (including phenoxy) is 1. The van der Waals surface area contributed by atoms with Gasteiger partial charge in [-0.3, -0.25) is 4.68 Å². The highest BCUT2D eigenvalue weighted by Crippen LogP contribution is 2.20. The van der Waals surface area contributed by atoms with Crippen LogP contribution >= 0.6 is 0 Å². The normalized spacial score (nSPS) is 11.6. The number of hydrogen-bond donors (Lipinski definition) is 1. The molecule has 0 atom stereocenters. The molecule has 0 saturated carbocycles.